The largest absolute Gasteiger partial charge is 0.359 e. The predicted molar refractivity (Wildman–Crippen MR) is 91.1 cm³/mol. The Morgan fingerprint density at radius 3 is 2.58 bits per heavy atom. The van der Waals surface area contributed by atoms with Gasteiger partial charge in [-0.05, 0) is 18.4 Å². The van der Waals surface area contributed by atoms with E-state index in [-0.39, 0.29) is 23.6 Å². The lowest BCUT2D eigenvalue weighted by Gasteiger charge is -2.34. The number of rotatable bonds is 5. The van der Waals surface area contributed by atoms with Crippen molar-refractivity contribution < 1.29 is 14.4 Å². The summed E-state index contributed by atoms with van der Waals surface area (Å²) in [6.07, 6.45) is 2.02. The van der Waals surface area contributed by atoms with Crippen LogP contribution in [0.5, 0.6) is 0 Å². The van der Waals surface area contributed by atoms with E-state index < -0.39 is 6.04 Å². The normalized spacial score (nSPS) is 18.6. The molecule has 130 valence electrons. The minimum Gasteiger partial charge on any atom is -0.359 e. The molecule has 1 heterocycles. The second kappa shape index (κ2) is 8.47. The number of amides is 3. The third kappa shape index (κ3) is 4.81. The number of hydrogen-bond donors (Lipinski definition) is 2. The predicted octanol–water partition coefficient (Wildman–Crippen LogP) is 0.718. The molecule has 1 aromatic carbocycles. The van der Waals surface area contributed by atoms with Crippen molar-refractivity contribution in [3.8, 4) is 0 Å². The van der Waals surface area contributed by atoms with E-state index in [9.17, 15) is 14.4 Å². The molecule has 2 rings (SSSR count). The monoisotopic (exact) mass is 331 g/mol. The van der Waals surface area contributed by atoms with Crippen molar-refractivity contribution >= 4 is 17.7 Å². The first-order chi connectivity index (χ1) is 11.5. The summed E-state index contributed by atoms with van der Waals surface area (Å²) >= 11 is 0. The summed E-state index contributed by atoms with van der Waals surface area (Å²) in [6.45, 7) is 2.44. The average Bonchev–Trinajstić information content (AvgIpc) is 2.60. The van der Waals surface area contributed by atoms with Crippen LogP contribution in [0.4, 0.5) is 0 Å². The Labute approximate surface area is 142 Å². The first-order valence-electron chi connectivity index (χ1n) is 8.32. The molecule has 6 nitrogen and oxygen atoms in total. The van der Waals surface area contributed by atoms with E-state index in [1.54, 1.807) is 11.9 Å². The molecule has 24 heavy (non-hydrogen) atoms. The summed E-state index contributed by atoms with van der Waals surface area (Å²) in [7, 11) is 1.61. The molecule has 0 aromatic heterocycles. The van der Waals surface area contributed by atoms with Crippen molar-refractivity contribution in [2.45, 2.75) is 32.2 Å². The second-order valence-corrected chi connectivity index (χ2v) is 6.18. The smallest absolute Gasteiger partial charge is 0.245 e. The fourth-order valence-corrected chi connectivity index (χ4v) is 3.11. The fourth-order valence-electron chi connectivity index (χ4n) is 3.11. The van der Waals surface area contributed by atoms with Gasteiger partial charge in [-0.15, -0.1) is 0 Å². The van der Waals surface area contributed by atoms with Crippen LogP contribution in [0.3, 0.4) is 0 Å². The number of piperidine rings is 1. The molecule has 1 unspecified atom stereocenters. The van der Waals surface area contributed by atoms with Gasteiger partial charge in [-0.2, -0.15) is 0 Å². The van der Waals surface area contributed by atoms with E-state index in [2.05, 4.69) is 10.6 Å². The van der Waals surface area contributed by atoms with E-state index in [1.807, 2.05) is 30.3 Å². The van der Waals surface area contributed by atoms with Crippen LogP contribution in [0.1, 0.15) is 25.3 Å². The summed E-state index contributed by atoms with van der Waals surface area (Å²) in [5, 5.41) is 5.40. The van der Waals surface area contributed by atoms with Crippen LogP contribution in [0.25, 0.3) is 0 Å². The van der Waals surface area contributed by atoms with E-state index in [0.717, 1.165) is 18.4 Å². The van der Waals surface area contributed by atoms with E-state index in [1.165, 1.54) is 6.92 Å². The maximum absolute atomic E-state index is 12.9. The number of carbonyl (C=O) groups is 3. The maximum atomic E-state index is 12.9. The quantitative estimate of drug-likeness (QED) is 0.834. The van der Waals surface area contributed by atoms with E-state index >= 15 is 0 Å². The first-order valence-corrected chi connectivity index (χ1v) is 8.32. The topological polar surface area (TPSA) is 78.5 Å². The highest BCUT2D eigenvalue weighted by molar-refractivity contribution is 5.88. The lowest BCUT2D eigenvalue weighted by atomic mass is 9.95. The van der Waals surface area contributed by atoms with Crippen molar-refractivity contribution in [1.29, 1.82) is 0 Å². The molecule has 0 saturated carbocycles. The van der Waals surface area contributed by atoms with Crippen molar-refractivity contribution in [2.75, 3.05) is 20.1 Å². The molecular weight excluding hydrogens is 306 g/mol. The number of likely N-dealkylation sites (tertiary alicyclic amines) is 1. The summed E-state index contributed by atoms with van der Waals surface area (Å²) in [4.78, 5) is 37.9. The standard InChI is InChI=1S/C18H25N3O3/c1-13(22)20-16(11-14-7-4-3-5-8-14)18(24)21-10-6-9-15(12-21)17(23)19-2/h3-5,7-8,15-16H,6,9-12H2,1-2H3,(H,19,23)(H,20,22)/t15?,16-/m0/s1. The molecule has 1 aliphatic rings. The Morgan fingerprint density at radius 2 is 1.96 bits per heavy atom. The van der Waals surface area contributed by atoms with Crippen molar-refractivity contribution in [3.05, 3.63) is 35.9 Å². The van der Waals surface area contributed by atoms with Gasteiger partial charge in [0.2, 0.25) is 17.7 Å². The Kier molecular flexibility index (Phi) is 6.35. The second-order valence-electron chi connectivity index (χ2n) is 6.18. The highest BCUT2D eigenvalue weighted by Gasteiger charge is 2.31. The Hall–Kier alpha value is -2.37. The first kappa shape index (κ1) is 18.0. The van der Waals surface area contributed by atoms with E-state index in [0.29, 0.717) is 19.5 Å². The summed E-state index contributed by atoms with van der Waals surface area (Å²) < 4.78 is 0. The fraction of sp³-hybridized carbons (Fsp3) is 0.500. The molecule has 1 aliphatic heterocycles. The van der Waals surface area contributed by atoms with E-state index in [4.69, 9.17) is 0 Å². The Bertz CT molecular complexity index is 588. The zero-order chi connectivity index (χ0) is 17.5. The lowest BCUT2D eigenvalue weighted by Crippen LogP contribution is -2.53. The van der Waals surface area contributed by atoms with Gasteiger partial charge in [0.25, 0.3) is 0 Å². The molecular formula is C18H25N3O3. The van der Waals surface area contributed by atoms with Crippen molar-refractivity contribution in [3.63, 3.8) is 0 Å². The van der Waals surface area contributed by atoms with Crippen LogP contribution in [0.15, 0.2) is 30.3 Å². The van der Waals surface area contributed by atoms with Gasteiger partial charge in [-0.25, -0.2) is 0 Å². The summed E-state index contributed by atoms with van der Waals surface area (Å²) in [5.74, 6) is -0.569. The molecule has 6 heteroatoms. The Balaban J connectivity index is 2.08. The van der Waals surface area contributed by atoms with Gasteiger partial charge in [0, 0.05) is 33.5 Å². The summed E-state index contributed by atoms with van der Waals surface area (Å²) in [6, 6.07) is 9.00. The molecule has 0 aliphatic carbocycles. The minimum atomic E-state index is -0.603. The molecule has 1 saturated heterocycles. The van der Waals surface area contributed by atoms with Crippen molar-refractivity contribution in [1.82, 2.24) is 15.5 Å². The number of hydrogen-bond acceptors (Lipinski definition) is 3. The zero-order valence-corrected chi connectivity index (χ0v) is 14.2. The van der Waals surface area contributed by atoms with Gasteiger partial charge < -0.3 is 15.5 Å². The van der Waals surface area contributed by atoms with Crippen LogP contribution in [-0.2, 0) is 20.8 Å². The molecule has 2 N–H and O–H groups in total. The van der Waals surface area contributed by atoms with Crippen molar-refractivity contribution in [2.24, 2.45) is 5.92 Å². The molecule has 2 atom stereocenters. The van der Waals surface area contributed by atoms with Crippen LogP contribution < -0.4 is 10.6 Å². The number of nitrogens with zero attached hydrogens (tertiary/aromatic N) is 1. The number of carbonyl (C=O) groups excluding carboxylic acids is 3. The zero-order valence-electron chi connectivity index (χ0n) is 14.2. The van der Waals surface area contributed by atoms with Gasteiger partial charge in [-0.1, -0.05) is 30.3 Å². The molecule has 0 radical (unpaired) electrons. The average molecular weight is 331 g/mol. The number of nitrogens with one attached hydrogen (secondary N) is 2. The molecule has 3 amide bonds. The maximum Gasteiger partial charge on any atom is 0.245 e. The van der Waals surface area contributed by atoms with Gasteiger partial charge in [0.05, 0.1) is 5.92 Å². The summed E-state index contributed by atoms with van der Waals surface area (Å²) in [5.41, 5.74) is 0.990. The highest BCUT2D eigenvalue weighted by Crippen LogP contribution is 2.18. The van der Waals surface area contributed by atoms with Gasteiger partial charge in [0.15, 0.2) is 0 Å². The van der Waals surface area contributed by atoms with Crippen LogP contribution in [-0.4, -0.2) is 48.8 Å². The molecule has 1 fully saturated rings. The third-order valence-electron chi connectivity index (χ3n) is 4.31. The molecule has 0 spiro atoms. The minimum absolute atomic E-state index is 0.0355. The SMILES string of the molecule is CNC(=O)C1CCCN(C(=O)[C@H](Cc2ccccc2)NC(C)=O)C1. The third-order valence-corrected chi connectivity index (χ3v) is 4.31. The highest BCUT2D eigenvalue weighted by atomic mass is 16.2. The van der Waals surface area contributed by atoms with Gasteiger partial charge >= 0.3 is 0 Å². The lowest BCUT2D eigenvalue weighted by molar-refractivity contribution is -0.139. The van der Waals surface area contributed by atoms with Crippen LogP contribution in [0, 0.1) is 5.92 Å². The number of benzene rings is 1. The van der Waals surface area contributed by atoms with Crippen LogP contribution in [0.2, 0.25) is 0 Å². The Morgan fingerprint density at radius 1 is 1.25 bits per heavy atom. The van der Waals surface area contributed by atoms with Gasteiger partial charge in [-0.3, -0.25) is 14.4 Å². The molecule has 0 bridgehead atoms. The van der Waals surface area contributed by atoms with Crippen LogP contribution >= 0.6 is 0 Å². The van der Waals surface area contributed by atoms with Gasteiger partial charge in [0.1, 0.15) is 6.04 Å². The molecule has 1 aromatic rings.